The third-order valence-electron chi connectivity index (χ3n) is 8.05. The first-order valence-electron chi connectivity index (χ1n) is 13.7. The Morgan fingerprint density at radius 3 is 2.51 bits per heavy atom. The maximum absolute atomic E-state index is 14.0. The van der Waals surface area contributed by atoms with Gasteiger partial charge in [0, 0.05) is 56.1 Å². The zero-order valence-corrected chi connectivity index (χ0v) is 24.3. The van der Waals surface area contributed by atoms with Crippen molar-refractivity contribution in [1.29, 1.82) is 0 Å². The van der Waals surface area contributed by atoms with E-state index in [1.165, 1.54) is 25.6 Å². The first kappa shape index (κ1) is 30.8. The number of nitrogens with zero attached hydrogens (tertiary/aromatic N) is 5. The number of carboxylic acid groups (broad SMARTS) is 1. The molecule has 4 heterocycles. The summed E-state index contributed by atoms with van der Waals surface area (Å²) in [5, 5.41) is 12.3. The van der Waals surface area contributed by atoms with E-state index in [2.05, 4.69) is 32.1 Å². The molecule has 0 spiro atoms. The smallest absolute Gasteiger partial charge is 0.419 e. The second-order valence-electron chi connectivity index (χ2n) is 10.6. The van der Waals surface area contributed by atoms with Crippen molar-refractivity contribution in [2.24, 2.45) is 0 Å². The van der Waals surface area contributed by atoms with Crippen molar-refractivity contribution in [3.05, 3.63) is 52.5 Å². The number of hydrogen-bond acceptors (Lipinski definition) is 9. The minimum absolute atomic E-state index is 0.00913. The van der Waals surface area contributed by atoms with E-state index in [0.29, 0.717) is 30.3 Å². The van der Waals surface area contributed by atoms with Crippen LogP contribution in [0.4, 0.5) is 28.5 Å². The largest absolute Gasteiger partial charge is 0.479 e. The number of likely N-dealkylation sites (tertiary alicyclic amines) is 1. The van der Waals surface area contributed by atoms with Crippen LogP contribution in [0.1, 0.15) is 53.5 Å². The van der Waals surface area contributed by atoms with Gasteiger partial charge in [0.1, 0.15) is 17.3 Å². The lowest BCUT2D eigenvalue weighted by atomic mass is 9.91. The molecule has 15 heteroatoms. The summed E-state index contributed by atoms with van der Waals surface area (Å²) in [7, 11) is 1.37. The minimum atomic E-state index is -4.88. The third kappa shape index (κ3) is 6.48. The van der Waals surface area contributed by atoms with Gasteiger partial charge in [-0.15, -0.1) is 0 Å². The number of aromatic nitrogens is 3. The fraction of sp³-hybridized carbons (Fsp3) is 0.464. The van der Waals surface area contributed by atoms with Crippen molar-refractivity contribution >= 4 is 34.2 Å². The Bertz CT molecular complexity index is 1490. The molecule has 2 fully saturated rings. The normalized spacial score (nSPS) is 19.0. The van der Waals surface area contributed by atoms with Crippen molar-refractivity contribution in [1.82, 2.24) is 19.9 Å². The molecule has 2 aliphatic heterocycles. The summed E-state index contributed by atoms with van der Waals surface area (Å²) in [4.78, 5) is 42.3. The van der Waals surface area contributed by atoms with E-state index in [0.717, 1.165) is 42.9 Å². The number of benzene rings is 1. The van der Waals surface area contributed by atoms with Crippen LogP contribution in [0, 0.1) is 5.82 Å². The van der Waals surface area contributed by atoms with Crippen molar-refractivity contribution in [3.63, 3.8) is 0 Å². The molecular weight excluding hydrogens is 592 g/mol. The Hall–Kier alpha value is -3.69. The highest BCUT2D eigenvalue weighted by Crippen LogP contribution is 2.38. The molecule has 230 valence electrons. The molecule has 2 aromatic heterocycles. The van der Waals surface area contributed by atoms with Crippen LogP contribution in [0.5, 0.6) is 0 Å². The Kier molecular flexibility index (Phi) is 8.68. The molecule has 2 aliphatic rings. The van der Waals surface area contributed by atoms with Crippen LogP contribution < -0.4 is 10.2 Å². The molecule has 3 aromatic rings. The Morgan fingerprint density at radius 2 is 1.93 bits per heavy atom. The summed E-state index contributed by atoms with van der Waals surface area (Å²) in [6.45, 7) is 4.06. The zero-order chi connectivity index (χ0) is 30.9. The SMILES string of the molecule is COC1(C(=O)O)CCN(c2cnc(C(=O)Nc3nc(-c4ccc(F)c(C(F)(F)F)c4)c(CN4CCC[C@H]4C)s3)cn2)CC1. The number of rotatable bonds is 8. The van der Waals surface area contributed by atoms with Gasteiger partial charge in [-0.1, -0.05) is 11.3 Å². The Labute approximate surface area is 248 Å². The van der Waals surface area contributed by atoms with E-state index in [1.807, 2.05) is 4.90 Å². The molecule has 2 N–H and O–H groups in total. The fourth-order valence-electron chi connectivity index (χ4n) is 5.41. The predicted molar refractivity (Wildman–Crippen MR) is 150 cm³/mol. The number of aliphatic carboxylic acids is 1. The molecule has 0 unspecified atom stereocenters. The quantitative estimate of drug-likeness (QED) is 0.332. The average molecular weight is 623 g/mol. The summed E-state index contributed by atoms with van der Waals surface area (Å²) in [6.07, 6.45) is 0.326. The maximum Gasteiger partial charge on any atom is 0.419 e. The number of anilines is 2. The van der Waals surface area contributed by atoms with E-state index < -0.39 is 35.0 Å². The van der Waals surface area contributed by atoms with Crippen LogP contribution in [0.25, 0.3) is 11.3 Å². The van der Waals surface area contributed by atoms with E-state index in [9.17, 15) is 32.3 Å². The van der Waals surface area contributed by atoms with E-state index in [1.54, 1.807) is 0 Å². The predicted octanol–water partition coefficient (Wildman–Crippen LogP) is 5.06. The molecule has 5 rings (SSSR count). The summed E-state index contributed by atoms with van der Waals surface area (Å²) in [5.74, 6) is -2.53. The van der Waals surface area contributed by atoms with Gasteiger partial charge >= 0.3 is 12.1 Å². The van der Waals surface area contributed by atoms with Crippen molar-refractivity contribution in [2.75, 3.05) is 37.0 Å². The minimum Gasteiger partial charge on any atom is -0.479 e. The van der Waals surface area contributed by atoms with E-state index >= 15 is 0 Å². The fourth-order valence-corrected chi connectivity index (χ4v) is 6.41. The third-order valence-corrected chi connectivity index (χ3v) is 9.00. The molecule has 10 nitrogen and oxygen atoms in total. The molecule has 1 amide bonds. The van der Waals surface area contributed by atoms with Gasteiger partial charge in [0.05, 0.1) is 23.7 Å². The number of carbonyl (C=O) groups is 2. The number of halogens is 4. The van der Waals surface area contributed by atoms with Gasteiger partial charge in [0.15, 0.2) is 10.7 Å². The number of hydrogen-bond donors (Lipinski definition) is 2. The molecule has 2 saturated heterocycles. The first-order chi connectivity index (χ1) is 20.4. The highest BCUT2D eigenvalue weighted by Gasteiger charge is 2.42. The molecule has 1 aromatic carbocycles. The molecule has 1 atom stereocenters. The molecule has 43 heavy (non-hydrogen) atoms. The maximum atomic E-state index is 14.0. The number of methoxy groups -OCH3 is 1. The lowest BCUT2D eigenvalue weighted by molar-refractivity contribution is -0.164. The van der Waals surface area contributed by atoms with Gasteiger partial charge in [-0.25, -0.2) is 24.1 Å². The van der Waals surface area contributed by atoms with Gasteiger partial charge in [0.2, 0.25) is 0 Å². The molecule has 0 saturated carbocycles. The number of alkyl halides is 3. The van der Waals surface area contributed by atoms with Gasteiger partial charge in [0.25, 0.3) is 5.91 Å². The van der Waals surface area contributed by atoms with Gasteiger partial charge in [-0.3, -0.25) is 15.0 Å². The van der Waals surface area contributed by atoms with Crippen LogP contribution in [0.3, 0.4) is 0 Å². The number of thiazole rings is 1. The second-order valence-corrected chi connectivity index (χ2v) is 11.7. The number of piperidine rings is 1. The number of nitrogens with one attached hydrogen (secondary N) is 1. The number of carbonyl (C=O) groups excluding carboxylic acids is 1. The highest BCUT2D eigenvalue weighted by molar-refractivity contribution is 7.16. The van der Waals surface area contributed by atoms with Gasteiger partial charge in [-0.05, 0) is 44.5 Å². The van der Waals surface area contributed by atoms with Crippen LogP contribution in [-0.2, 0) is 22.3 Å². The monoisotopic (exact) mass is 622 g/mol. The van der Waals surface area contributed by atoms with Crippen LogP contribution in [-0.4, -0.2) is 75.2 Å². The van der Waals surface area contributed by atoms with Gasteiger partial charge in [-0.2, -0.15) is 13.2 Å². The molecular formula is C28H30F4N6O4S. The van der Waals surface area contributed by atoms with Crippen molar-refractivity contribution in [2.45, 2.75) is 57.0 Å². The van der Waals surface area contributed by atoms with Crippen LogP contribution in [0.15, 0.2) is 30.6 Å². The number of ether oxygens (including phenoxy) is 1. The molecule has 0 bridgehead atoms. The van der Waals surface area contributed by atoms with Crippen molar-refractivity contribution in [3.8, 4) is 11.3 Å². The van der Waals surface area contributed by atoms with Crippen molar-refractivity contribution < 1.29 is 37.0 Å². The molecule has 0 radical (unpaired) electrons. The summed E-state index contributed by atoms with van der Waals surface area (Å²) in [5.41, 5.74) is -2.30. The first-order valence-corrected chi connectivity index (χ1v) is 14.5. The lowest BCUT2D eigenvalue weighted by Crippen LogP contribution is -2.51. The van der Waals surface area contributed by atoms with Crippen LogP contribution >= 0.6 is 11.3 Å². The van der Waals surface area contributed by atoms with E-state index in [4.69, 9.17) is 4.74 Å². The topological polar surface area (TPSA) is 121 Å². The summed E-state index contributed by atoms with van der Waals surface area (Å²) >= 11 is 1.14. The Morgan fingerprint density at radius 1 is 1.19 bits per heavy atom. The van der Waals surface area contributed by atoms with Crippen LogP contribution in [0.2, 0.25) is 0 Å². The number of amides is 1. The summed E-state index contributed by atoms with van der Waals surface area (Å²) in [6, 6.07) is 3.04. The molecule has 0 aliphatic carbocycles. The average Bonchev–Trinajstić information content (AvgIpc) is 3.57. The lowest BCUT2D eigenvalue weighted by Gasteiger charge is -2.38. The van der Waals surface area contributed by atoms with E-state index in [-0.39, 0.29) is 41.0 Å². The standard InChI is InChI=1S/C28H30F4N6O4S/c1-16-4-3-9-38(16)15-21-23(17-5-6-19(29)18(12-17)28(30,31)32)35-26(43-21)36-24(39)20-13-34-22(14-33-20)37-10-7-27(42-2,8-11-37)25(40)41/h5-6,12-14,16H,3-4,7-11,15H2,1-2H3,(H,40,41)(H,35,36,39)/t16-/m1/s1. The zero-order valence-electron chi connectivity index (χ0n) is 23.4. The highest BCUT2D eigenvalue weighted by atomic mass is 32.1. The van der Waals surface area contributed by atoms with Gasteiger partial charge < -0.3 is 14.7 Å². The second kappa shape index (κ2) is 12.1. The number of carboxylic acids is 1. The summed E-state index contributed by atoms with van der Waals surface area (Å²) < 4.78 is 59.6. The Balaban J connectivity index is 1.34.